The van der Waals surface area contributed by atoms with Gasteiger partial charge >= 0.3 is 5.97 Å². The van der Waals surface area contributed by atoms with Gasteiger partial charge in [-0.3, -0.25) is 4.79 Å². The zero-order valence-corrected chi connectivity index (χ0v) is 29.5. The second-order valence-electron chi connectivity index (χ2n) is 14.3. The normalized spacial score (nSPS) is 17.6. The van der Waals surface area contributed by atoms with E-state index in [9.17, 15) is 9.59 Å². The van der Waals surface area contributed by atoms with Gasteiger partial charge in [-0.25, -0.2) is 14.8 Å². The highest BCUT2D eigenvalue weighted by atomic mass is 16.5. The van der Waals surface area contributed by atoms with Crippen molar-refractivity contribution in [3.05, 3.63) is 67.0 Å². The van der Waals surface area contributed by atoms with E-state index in [4.69, 9.17) is 14.5 Å². The average Bonchev–Trinajstić information content (AvgIpc) is 3.89. The number of amides is 1. The van der Waals surface area contributed by atoms with Crippen LogP contribution >= 0.6 is 0 Å². The predicted molar refractivity (Wildman–Crippen MR) is 198 cm³/mol. The Hall–Kier alpha value is -4.90. The molecule has 4 heterocycles. The molecule has 1 spiro atoms. The molecule has 0 unspecified atom stereocenters. The lowest BCUT2D eigenvalue weighted by molar-refractivity contribution is -0.111. The number of hydrogen-bond donors (Lipinski definition) is 2. The van der Waals surface area contributed by atoms with E-state index in [1.807, 2.05) is 38.1 Å². The molecule has 2 N–H and O–H groups in total. The lowest BCUT2D eigenvalue weighted by atomic mass is 9.71. The monoisotopic (exact) mass is 677 g/mol. The summed E-state index contributed by atoms with van der Waals surface area (Å²) in [6, 6.07) is 12.4. The summed E-state index contributed by atoms with van der Waals surface area (Å²) in [7, 11) is 3.83. The summed E-state index contributed by atoms with van der Waals surface area (Å²) >= 11 is 0. The lowest BCUT2D eigenvalue weighted by Gasteiger charge is -2.47. The molecule has 4 aromatic rings. The van der Waals surface area contributed by atoms with Gasteiger partial charge in [-0.15, -0.1) is 0 Å². The topological polar surface area (TPSA) is 114 Å². The van der Waals surface area contributed by atoms with Gasteiger partial charge in [0.05, 0.1) is 36.0 Å². The minimum atomic E-state index is -0.482. The molecule has 2 aromatic heterocycles. The summed E-state index contributed by atoms with van der Waals surface area (Å²) < 4.78 is 13.8. The second-order valence-corrected chi connectivity index (χ2v) is 14.3. The van der Waals surface area contributed by atoms with Crippen molar-refractivity contribution in [2.75, 3.05) is 55.9 Å². The number of esters is 1. The molecule has 50 heavy (non-hydrogen) atoms. The predicted octanol–water partition coefficient (Wildman–Crippen LogP) is 7.19. The summed E-state index contributed by atoms with van der Waals surface area (Å²) in [5.41, 5.74) is 5.19. The molecule has 3 aliphatic rings. The van der Waals surface area contributed by atoms with E-state index in [1.54, 1.807) is 7.11 Å². The Balaban J connectivity index is 1.25. The smallest absolute Gasteiger partial charge is 0.342 e. The Bertz CT molecular complexity index is 1910. The first kappa shape index (κ1) is 33.6. The van der Waals surface area contributed by atoms with Gasteiger partial charge in [-0.1, -0.05) is 24.8 Å². The molecule has 2 saturated heterocycles. The van der Waals surface area contributed by atoms with Gasteiger partial charge in [-0.2, -0.15) is 0 Å². The van der Waals surface area contributed by atoms with Crippen LogP contribution in [0.25, 0.3) is 22.2 Å². The number of nitrogens with zero attached hydrogens (tertiary/aromatic N) is 5. The van der Waals surface area contributed by atoms with E-state index >= 15 is 0 Å². The quantitative estimate of drug-likeness (QED) is 0.133. The number of fused-ring (bicyclic) bond motifs is 1. The molecule has 0 radical (unpaired) electrons. The minimum Gasteiger partial charge on any atom is -0.494 e. The van der Waals surface area contributed by atoms with Crippen LogP contribution in [0.4, 0.5) is 23.0 Å². The van der Waals surface area contributed by atoms with E-state index in [0.717, 1.165) is 74.0 Å². The van der Waals surface area contributed by atoms with E-state index in [2.05, 4.69) is 61.9 Å². The van der Waals surface area contributed by atoms with E-state index in [1.165, 1.54) is 25.1 Å². The van der Waals surface area contributed by atoms with Crippen LogP contribution in [0.2, 0.25) is 0 Å². The highest BCUT2D eigenvalue weighted by Crippen LogP contribution is 2.46. The first-order chi connectivity index (χ1) is 24.2. The zero-order chi connectivity index (χ0) is 35.0. The molecule has 7 rings (SSSR count). The SMILES string of the molecule is C=CC(=O)Nc1cc(Nc2ncc(C(=O)OC(C)C)c(-c3cn(C4CC4)c4ccccc34)n2)c(OC)cc1N1CCC2(CCN(C)CC2)CC1. The standard InChI is InChI=1S/C39H47N7O4/c1-6-35(47)41-30-21-31(34(49-5)22-33(30)45-19-15-39(16-20-45)13-17-44(4)18-14-39)42-38-40-23-28(37(48)50-25(2)3)36(43-38)29-24-46(26-11-12-26)32-10-8-7-9-27(29)32/h6-10,21-26H,1,11-20H2,2-5H3,(H,41,47)(H,40,42,43). The number of aromatic nitrogens is 3. The van der Waals surface area contributed by atoms with Crippen molar-refractivity contribution in [1.29, 1.82) is 0 Å². The average molecular weight is 678 g/mol. The third-order valence-corrected chi connectivity index (χ3v) is 10.5. The minimum absolute atomic E-state index is 0.276. The van der Waals surface area contributed by atoms with E-state index in [-0.39, 0.29) is 23.5 Å². The summed E-state index contributed by atoms with van der Waals surface area (Å²) in [4.78, 5) is 40.3. The molecule has 11 heteroatoms. The van der Waals surface area contributed by atoms with Crippen molar-refractivity contribution in [1.82, 2.24) is 19.4 Å². The maximum Gasteiger partial charge on any atom is 0.342 e. The van der Waals surface area contributed by atoms with E-state index in [0.29, 0.717) is 34.3 Å². The number of carbonyl (C=O) groups excluding carboxylic acids is 2. The highest BCUT2D eigenvalue weighted by Gasteiger charge is 2.37. The first-order valence-electron chi connectivity index (χ1n) is 17.7. The summed E-state index contributed by atoms with van der Waals surface area (Å²) in [5, 5.41) is 7.36. The van der Waals surface area contributed by atoms with Crippen LogP contribution in [0, 0.1) is 5.41 Å². The maximum absolute atomic E-state index is 13.4. The number of ether oxygens (including phenoxy) is 2. The van der Waals surface area contributed by atoms with E-state index < -0.39 is 5.97 Å². The molecule has 262 valence electrons. The van der Waals surface area contributed by atoms with Crippen LogP contribution in [0.15, 0.2) is 61.4 Å². The van der Waals surface area contributed by atoms with Crippen molar-refractivity contribution in [3.63, 3.8) is 0 Å². The van der Waals surface area contributed by atoms with Crippen molar-refractivity contribution >= 4 is 45.8 Å². The molecular formula is C39H47N7O4. The second kappa shape index (κ2) is 13.8. The van der Waals surface area contributed by atoms with Gasteiger partial charge in [0.15, 0.2) is 0 Å². The van der Waals surface area contributed by atoms with Crippen molar-refractivity contribution in [3.8, 4) is 17.0 Å². The number of hydrogen-bond acceptors (Lipinski definition) is 9. The van der Waals surface area contributed by atoms with Gasteiger partial charge in [0.1, 0.15) is 11.3 Å². The molecule has 0 atom stereocenters. The fourth-order valence-electron chi connectivity index (χ4n) is 7.44. The number of nitrogens with one attached hydrogen (secondary N) is 2. The Labute approximate surface area is 293 Å². The van der Waals surface area contributed by atoms with Gasteiger partial charge in [-0.05, 0) is 96.1 Å². The van der Waals surface area contributed by atoms with Gasteiger partial charge < -0.3 is 34.5 Å². The Morgan fingerprint density at radius 1 is 1.04 bits per heavy atom. The summed E-state index contributed by atoms with van der Waals surface area (Å²) in [5.74, 6) is 0.0722. The molecule has 2 aromatic carbocycles. The summed E-state index contributed by atoms with van der Waals surface area (Å²) in [6.07, 6.45) is 11.5. The van der Waals surface area contributed by atoms with Crippen LogP contribution in [0.1, 0.15) is 68.8 Å². The molecule has 3 fully saturated rings. The Morgan fingerprint density at radius 3 is 2.44 bits per heavy atom. The fourth-order valence-corrected chi connectivity index (χ4v) is 7.44. The van der Waals surface area contributed by atoms with Crippen LogP contribution in [0.3, 0.4) is 0 Å². The first-order valence-corrected chi connectivity index (χ1v) is 17.7. The van der Waals surface area contributed by atoms with Gasteiger partial charge in [0, 0.05) is 54.1 Å². The van der Waals surface area contributed by atoms with Crippen LogP contribution in [0.5, 0.6) is 5.75 Å². The highest BCUT2D eigenvalue weighted by molar-refractivity contribution is 6.04. The van der Waals surface area contributed by atoms with Crippen molar-refractivity contribution in [2.45, 2.75) is 64.5 Å². The number of likely N-dealkylation sites (tertiary alicyclic amines) is 1. The Kier molecular flexibility index (Phi) is 9.26. The maximum atomic E-state index is 13.4. The molecule has 11 nitrogen and oxygen atoms in total. The van der Waals surface area contributed by atoms with Crippen molar-refractivity contribution < 1.29 is 19.1 Å². The number of carbonyl (C=O) groups is 2. The van der Waals surface area contributed by atoms with Crippen LogP contribution < -0.4 is 20.3 Å². The zero-order valence-electron chi connectivity index (χ0n) is 29.5. The lowest BCUT2D eigenvalue weighted by Crippen LogP contribution is -2.46. The van der Waals surface area contributed by atoms with Crippen molar-refractivity contribution in [2.24, 2.45) is 5.41 Å². The molecular weight excluding hydrogens is 630 g/mol. The Morgan fingerprint density at radius 2 is 1.76 bits per heavy atom. The summed E-state index contributed by atoms with van der Waals surface area (Å²) in [6.45, 7) is 11.4. The number of anilines is 4. The molecule has 0 bridgehead atoms. The van der Waals surface area contributed by atoms with Crippen LogP contribution in [-0.2, 0) is 9.53 Å². The largest absolute Gasteiger partial charge is 0.494 e. The number of benzene rings is 2. The van der Waals surface area contributed by atoms with Gasteiger partial charge in [0.2, 0.25) is 11.9 Å². The number of rotatable bonds is 10. The molecule has 1 saturated carbocycles. The number of methoxy groups -OCH3 is 1. The number of piperidine rings is 2. The fraction of sp³-hybridized carbons (Fsp3) is 0.436. The van der Waals surface area contributed by atoms with Crippen LogP contribution in [-0.4, -0.2) is 77.8 Å². The number of para-hydroxylation sites is 1. The third kappa shape index (κ3) is 6.79. The molecule has 1 amide bonds. The molecule has 2 aliphatic heterocycles. The third-order valence-electron chi connectivity index (χ3n) is 10.5. The molecule has 1 aliphatic carbocycles. The van der Waals surface area contributed by atoms with Gasteiger partial charge in [0.25, 0.3) is 0 Å².